The zero-order chi connectivity index (χ0) is 22.3. The fourth-order valence-electron chi connectivity index (χ4n) is 2.81. The summed E-state index contributed by atoms with van der Waals surface area (Å²) < 4.78 is 0. The third-order valence-electron chi connectivity index (χ3n) is 4.36. The highest BCUT2D eigenvalue weighted by Gasteiger charge is 2.28. The van der Waals surface area contributed by atoms with E-state index < -0.39 is 6.04 Å². The Hall–Kier alpha value is -1.69. The molecule has 0 fully saturated rings. The molecule has 0 radical (unpaired) electrons. The molecule has 0 aliphatic rings. The highest BCUT2D eigenvalue weighted by Crippen LogP contribution is 2.25. The van der Waals surface area contributed by atoms with Gasteiger partial charge in [0.05, 0.1) is 5.75 Å². The van der Waals surface area contributed by atoms with Crippen molar-refractivity contribution < 1.29 is 9.59 Å². The summed E-state index contributed by atoms with van der Waals surface area (Å²) in [7, 11) is 0. The van der Waals surface area contributed by atoms with Gasteiger partial charge in [-0.1, -0.05) is 59.6 Å². The second-order valence-electron chi connectivity index (χ2n) is 8.15. The predicted molar refractivity (Wildman–Crippen MR) is 127 cm³/mol. The second kappa shape index (κ2) is 11.1. The van der Waals surface area contributed by atoms with Gasteiger partial charge < -0.3 is 10.2 Å². The van der Waals surface area contributed by atoms with Gasteiger partial charge in [-0.15, -0.1) is 11.8 Å². The average Bonchev–Trinajstić information content (AvgIpc) is 2.66. The van der Waals surface area contributed by atoms with Crippen molar-refractivity contribution in [2.45, 2.75) is 51.6 Å². The molecule has 2 rings (SSSR count). The van der Waals surface area contributed by atoms with Crippen molar-refractivity contribution in [1.29, 1.82) is 0 Å². The molecule has 0 saturated carbocycles. The van der Waals surface area contributed by atoms with Gasteiger partial charge in [0.25, 0.3) is 0 Å². The third kappa shape index (κ3) is 7.86. The molecule has 30 heavy (non-hydrogen) atoms. The number of carbonyl (C=O) groups is 2. The van der Waals surface area contributed by atoms with Gasteiger partial charge in [-0.25, -0.2) is 0 Å². The van der Waals surface area contributed by atoms with Crippen molar-refractivity contribution in [2.75, 3.05) is 5.75 Å². The number of amides is 2. The lowest BCUT2D eigenvalue weighted by atomic mass is 10.1. The zero-order valence-corrected chi connectivity index (χ0v) is 20.1. The van der Waals surface area contributed by atoms with E-state index in [9.17, 15) is 9.59 Å². The fourth-order valence-corrected chi connectivity index (χ4v) is 4.28. The highest BCUT2D eigenvalue weighted by molar-refractivity contribution is 7.99. The van der Waals surface area contributed by atoms with Crippen LogP contribution in [0.5, 0.6) is 0 Å². The summed E-state index contributed by atoms with van der Waals surface area (Å²) in [5.41, 5.74) is 1.53. The Balaban J connectivity index is 2.08. The van der Waals surface area contributed by atoms with E-state index >= 15 is 0 Å². The SMILES string of the molecule is CC(C(=O)NC(C)(C)C)N(Cc1ccccc1)C(=O)CSCc1ccc(Cl)cc1Cl. The quantitative estimate of drug-likeness (QED) is 0.553. The van der Waals surface area contributed by atoms with E-state index in [1.54, 1.807) is 24.0 Å². The summed E-state index contributed by atoms with van der Waals surface area (Å²) in [6.07, 6.45) is 0. The van der Waals surface area contributed by atoms with Gasteiger partial charge in [-0.2, -0.15) is 0 Å². The molecule has 0 spiro atoms. The van der Waals surface area contributed by atoms with Crippen LogP contribution in [0.3, 0.4) is 0 Å². The Bertz CT molecular complexity index is 869. The molecule has 0 bridgehead atoms. The zero-order valence-electron chi connectivity index (χ0n) is 17.7. The first-order valence-corrected chi connectivity index (χ1v) is 11.6. The van der Waals surface area contributed by atoms with E-state index in [4.69, 9.17) is 23.2 Å². The minimum Gasteiger partial charge on any atom is -0.350 e. The van der Waals surface area contributed by atoms with Crippen LogP contribution in [0.1, 0.15) is 38.8 Å². The van der Waals surface area contributed by atoms with E-state index in [1.807, 2.05) is 57.2 Å². The summed E-state index contributed by atoms with van der Waals surface area (Å²) in [6, 6.07) is 14.4. The monoisotopic (exact) mass is 466 g/mol. The van der Waals surface area contributed by atoms with Crippen LogP contribution in [-0.4, -0.2) is 34.0 Å². The van der Waals surface area contributed by atoms with Crippen LogP contribution in [0, 0.1) is 0 Å². The van der Waals surface area contributed by atoms with E-state index in [0.29, 0.717) is 22.3 Å². The van der Waals surface area contributed by atoms with E-state index in [2.05, 4.69) is 5.32 Å². The normalized spacial score (nSPS) is 12.3. The molecular weight excluding hydrogens is 439 g/mol. The predicted octanol–water partition coefficient (Wildman–Crippen LogP) is 5.56. The molecule has 0 aliphatic heterocycles. The van der Waals surface area contributed by atoms with Crippen LogP contribution in [0.2, 0.25) is 10.0 Å². The van der Waals surface area contributed by atoms with Crippen LogP contribution in [0.4, 0.5) is 0 Å². The minimum absolute atomic E-state index is 0.0921. The number of benzene rings is 2. The number of halogens is 2. The van der Waals surface area contributed by atoms with Crippen molar-refractivity contribution in [3.63, 3.8) is 0 Å². The maximum absolute atomic E-state index is 13.1. The van der Waals surface area contributed by atoms with Crippen LogP contribution in [-0.2, 0) is 21.9 Å². The van der Waals surface area contributed by atoms with Gasteiger partial charge in [0.15, 0.2) is 0 Å². The van der Waals surface area contributed by atoms with Crippen molar-refractivity contribution in [1.82, 2.24) is 10.2 Å². The molecule has 2 amide bonds. The van der Waals surface area contributed by atoms with Gasteiger partial charge in [0, 0.05) is 27.9 Å². The lowest BCUT2D eigenvalue weighted by Crippen LogP contribution is -2.52. The third-order valence-corrected chi connectivity index (χ3v) is 5.91. The Labute approximate surface area is 193 Å². The number of hydrogen-bond donors (Lipinski definition) is 1. The van der Waals surface area contributed by atoms with Gasteiger partial charge in [0.1, 0.15) is 6.04 Å². The van der Waals surface area contributed by atoms with Crippen molar-refractivity contribution in [3.8, 4) is 0 Å². The smallest absolute Gasteiger partial charge is 0.242 e. The molecule has 0 heterocycles. The average molecular weight is 467 g/mol. The van der Waals surface area contributed by atoms with Gasteiger partial charge in [0.2, 0.25) is 11.8 Å². The van der Waals surface area contributed by atoms with E-state index in [1.165, 1.54) is 11.8 Å². The molecular formula is C23H28Cl2N2O2S. The van der Waals surface area contributed by atoms with E-state index in [-0.39, 0.29) is 23.1 Å². The topological polar surface area (TPSA) is 49.4 Å². The van der Waals surface area contributed by atoms with Crippen LogP contribution in [0.25, 0.3) is 0 Å². The summed E-state index contributed by atoms with van der Waals surface area (Å²) in [6.45, 7) is 7.91. The first kappa shape index (κ1) is 24.6. The molecule has 1 atom stereocenters. The van der Waals surface area contributed by atoms with Gasteiger partial charge in [-0.05, 0) is 51.0 Å². The molecule has 7 heteroatoms. The maximum Gasteiger partial charge on any atom is 0.242 e. The fraction of sp³-hybridized carbons (Fsp3) is 0.391. The molecule has 2 aromatic rings. The van der Waals surface area contributed by atoms with Gasteiger partial charge >= 0.3 is 0 Å². The Morgan fingerprint density at radius 1 is 1.10 bits per heavy atom. The van der Waals surface area contributed by atoms with Crippen molar-refractivity contribution in [2.24, 2.45) is 0 Å². The molecule has 0 saturated heterocycles. The summed E-state index contributed by atoms with van der Waals surface area (Å²) in [5, 5.41) is 4.13. The number of rotatable bonds is 8. The largest absolute Gasteiger partial charge is 0.350 e. The molecule has 162 valence electrons. The number of nitrogens with zero attached hydrogens (tertiary/aromatic N) is 1. The Morgan fingerprint density at radius 3 is 2.37 bits per heavy atom. The lowest BCUT2D eigenvalue weighted by molar-refractivity contribution is -0.139. The molecule has 1 N–H and O–H groups in total. The van der Waals surface area contributed by atoms with E-state index in [0.717, 1.165) is 11.1 Å². The van der Waals surface area contributed by atoms with Crippen molar-refractivity contribution >= 4 is 46.8 Å². The Kier molecular flexibility index (Phi) is 9.08. The number of hydrogen-bond acceptors (Lipinski definition) is 3. The lowest BCUT2D eigenvalue weighted by Gasteiger charge is -2.31. The molecule has 4 nitrogen and oxygen atoms in total. The number of nitrogens with one attached hydrogen (secondary N) is 1. The first-order valence-electron chi connectivity index (χ1n) is 9.74. The first-order chi connectivity index (χ1) is 14.1. The molecule has 0 aromatic heterocycles. The van der Waals surface area contributed by atoms with Crippen LogP contribution < -0.4 is 5.32 Å². The van der Waals surface area contributed by atoms with Crippen LogP contribution >= 0.6 is 35.0 Å². The van der Waals surface area contributed by atoms with Crippen LogP contribution in [0.15, 0.2) is 48.5 Å². The molecule has 2 aromatic carbocycles. The summed E-state index contributed by atoms with van der Waals surface area (Å²) in [4.78, 5) is 27.4. The molecule has 0 aliphatic carbocycles. The maximum atomic E-state index is 13.1. The second-order valence-corrected chi connectivity index (χ2v) is 9.98. The Morgan fingerprint density at radius 2 is 1.77 bits per heavy atom. The molecule has 1 unspecified atom stereocenters. The standard InChI is InChI=1S/C23H28Cl2N2O2S/c1-16(22(29)26-23(2,3)4)27(13-17-8-6-5-7-9-17)21(28)15-30-14-18-10-11-19(24)12-20(18)25/h5-12,16H,13-15H2,1-4H3,(H,26,29). The minimum atomic E-state index is -0.586. The van der Waals surface area contributed by atoms with Gasteiger partial charge in [-0.3, -0.25) is 9.59 Å². The summed E-state index contributed by atoms with van der Waals surface area (Å²) in [5.74, 6) is 0.575. The highest BCUT2D eigenvalue weighted by atomic mass is 35.5. The number of carbonyl (C=O) groups excluding carboxylic acids is 2. The summed E-state index contributed by atoms with van der Waals surface area (Å²) >= 11 is 13.6. The van der Waals surface area contributed by atoms with Crippen molar-refractivity contribution in [3.05, 3.63) is 69.7 Å². The number of thioether (sulfide) groups is 1.